The second kappa shape index (κ2) is 13.7. The second-order valence-electron chi connectivity index (χ2n) is 9.60. The van der Waals surface area contributed by atoms with Gasteiger partial charge in [-0.2, -0.15) is 31.4 Å². The summed E-state index contributed by atoms with van der Waals surface area (Å²) in [6.45, 7) is 3.99. The number of aryl methyl sites for hydroxylation is 1. The molecule has 2 fully saturated rings. The summed E-state index contributed by atoms with van der Waals surface area (Å²) >= 11 is 0. The number of H-pyrrole nitrogens is 1. The molecule has 2 atom stereocenters. The maximum absolute atomic E-state index is 13.4. The van der Waals surface area contributed by atoms with Crippen LogP contribution in [-0.2, 0) is 14.4 Å². The first-order valence-corrected chi connectivity index (χ1v) is 12.4. The number of nitrogens with zero attached hydrogens (tertiary/aromatic N) is 3. The highest BCUT2D eigenvalue weighted by atomic mass is 19.4. The smallest absolute Gasteiger partial charge is 0.475 e. The molecule has 1 aromatic carbocycles. The summed E-state index contributed by atoms with van der Waals surface area (Å²) < 4.78 is 63.5. The Balaban J connectivity index is 0.000000367. The van der Waals surface area contributed by atoms with E-state index in [-0.39, 0.29) is 17.9 Å². The van der Waals surface area contributed by atoms with Crippen LogP contribution in [0.2, 0.25) is 0 Å². The van der Waals surface area contributed by atoms with Crippen LogP contribution >= 0.6 is 0 Å². The number of fused-ring (bicyclic) bond motifs is 1. The summed E-state index contributed by atoms with van der Waals surface area (Å²) in [6.07, 6.45) is -7.90. The maximum atomic E-state index is 13.4. The lowest BCUT2D eigenvalue weighted by atomic mass is 9.75. The molecular weight excluding hydrogens is 580 g/mol. The van der Waals surface area contributed by atoms with Gasteiger partial charge in [0.05, 0.1) is 5.41 Å². The van der Waals surface area contributed by atoms with Gasteiger partial charge in [-0.05, 0) is 58.0 Å². The lowest BCUT2D eigenvalue weighted by Crippen LogP contribution is -2.46. The Labute approximate surface area is 235 Å². The zero-order valence-electron chi connectivity index (χ0n) is 22.4. The number of alkyl halides is 6. The molecule has 2 aliphatic rings. The first kappa shape index (κ1) is 34.1. The standard InChI is InChI=1S/C21H27N5O2.2C2HF3O2/c1-15-14-17(24-23-15)19(27)26-11-8-18-21(10-13-26,9-12-25(18)2)20(28)22-16-6-4-3-5-7-16;2*3-2(4,5)1(6)7/h3-7,14,18H,8-13H2,1-2H3,(H,22,28)(H,23,24);2*(H,6,7)/t18-,21-;;/m1../s1. The van der Waals surface area contributed by atoms with E-state index < -0.39 is 29.7 Å². The van der Waals surface area contributed by atoms with Gasteiger partial charge in [-0.25, -0.2) is 9.59 Å². The third-order valence-corrected chi connectivity index (χ3v) is 6.76. The van der Waals surface area contributed by atoms with Gasteiger partial charge >= 0.3 is 24.3 Å². The van der Waals surface area contributed by atoms with E-state index >= 15 is 0 Å². The minimum atomic E-state index is -5.08. The maximum Gasteiger partial charge on any atom is 0.490 e. The number of rotatable bonds is 3. The van der Waals surface area contributed by atoms with Gasteiger partial charge in [-0.1, -0.05) is 18.2 Å². The molecular formula is C25H29F6N5O6. The Morgan fingerprint density at radius 2 is 1.48 bits per heavy atom. The van der Waals surface area contributed by atoms with E-state index in [2.05, 4.69) is 27.5 Å². The normalized spacial score (nSPS) is 20.6. The fourth-order valence-electron chi connectivity index (χ4n) is 4.68. The van der Waals surface area contributed by atoms with Crippen LogP contribution in [0.3, 0.4) is 0 Å². The van der Waals surface area contributed by atoms with E-state index in [4.69, 9.17) is 19.8 Å². The number of carboxylic acid groups (broad SMARTS) is 2. The molecule has 4 N–H and O–H groups in total. The molecule has 0 saturated carbocycles. The molecule has 2 aromatic rings. The molecule has 1 aromatic heterocycles. The van der Waals surface area contributed by atoms with Crippen molar-refractivity contribution in [1.82, 2.24) is 20.0 Å². The van der Waals surface area contributed by atoms with Crippen LogP contribution < -0.4 is 5.32 Å². The van der Waals surface area contributed by atoms with Crippen LogP contribution in [-0.4, -0.2) is 99.0 Å². The van der Waals surface area contributed by atoms with Gasteiger partial charge in [-0.15, -0.1) is 0 Å². The number of aromatic amines is 1. The van der Waals surface area contributed by atoms with E-state index in [9.17, 15) is 35.9 Å². The van der Waals surface area contributed by atoms with E-state index in [0.717, 1.165) is 30.8 Å². The number of carbonyl (C=O) groups is 4. The number of nitrogens with one attached hydrogen (secondary N) is 2. The minimum absolute atomic E-state index is 0.0643. The van der Waals surface area contributed by atoms with Crippen LogP contribution in [0, 0.1) is 12.3 Å². The highest BCUT2D eigenvalue weighted by Crippen LogP contribution is 2.44. The fourth-order valence-corrected chi connectivity index (χ4v) is 4.68. The number of aromatic nitrogens is 2. The summed E-state index contributed by atoms with van der Waals surface area (Å²) in [6, 6.07) is 11.5. The number of benzene rings is 1. The number of hydrogen-bond donors (Lipinski definition) is 4. The summed E-state index contributed by atoms with van der Waals surface area (Å²) in [5, 5.41) is 24.3. The van der Waals surface area contributed by atoms with E-state index in [1.165, 1.54) is 0 Å². The van der Waals surface area contributed by atoms with Crippen LogP contribution in [0.1, 0.15) is 35.4 Å². The van der Waals surface area contributed by atoms with Crippen molar-refractivity contribution in [3.8, 4) is 0 Å². The predicted molar refractivity (Wildman–Crippen MR) is 134 cm³/mol. The van der Waals surface area contributed by atoms with E-state index in [1.54, 1.807) is 6.07 Å². The molecule has 4 rings (SSSR count). The zero-order chi connectivity index (χ0) is 31.9. The highest BCUT2D eigenvalue weighted by molar-refractivity contribution is 5.96. The van der Waals surface area contributed by atoms with Crippen LogP contribution in [0.25, 0.3) is 0 Å². The van der Waals surface area contributed by atoms with Crippen molar-refractivity contribution < 1.29 is 55.7 Å². The molecule has 2 saturated heterocycles. The topological polar surface area (TPSA) is 156 Å². The summed E-state index contributed by atoms with van der Waals surface area (Å²) in [5.41, 5.74) is 1.66. The number of likely N-dealkylation sites (tertiary alicyclic amines) is 2. The first-order chi connectivity index (χ1) is 19.4. The Morgan fingerprint density at radius 1 is 0.952 bits per heavy atom. The average Bonchev–Trinajstić information content (AvgIpc) is 3.40. The SMILES string of the molecule is Cc1cc(C(=O)N2CC[C@H]3N(C)CC[C@@]3(C(=O)Nc3ccccc3)CC2)n[nH]1.O=C(O)C(F)(F)F.O=C(O)C(F)(F)F. The van der Waals surface area contributed by atoms with Crippen molar-refractivity contribution in [3.05, 3.63) is 47.8 Å². The molecule has 17 heteroatoms. The number of para-hydroxylation sites is 1. The largest absolute Gasteiger partial charge is 0.490 e. The molecule has 11 nitrogen and oxygen atoms in total. The number of carbonyl (C=O) groups excluding carboxylic acids is 2. The number of anilines is 1. The molecule has 232 valence electrons. The molecule has 0 bridgehead atoms. The molecule has 0 spiro atoms. The molecule has 2 amide bonds. The van der Waals surface area contributed by atoms with Crippen molar-refractivity contribution in [2.24, 2.45) is 5.41 Å². The van der Waals surface area contributed by atoms with Crippen molar-refractivity contribution >= 4 is 29.4 Å². The summed E-state index contributed by atoms with van der Waals surface area (Å²) in [4.78, 5) is 48.1. The monoisotopic (exact) mass is 609 g/mol. The first-order valence-electron chi connectivity index (χ1n) is 12.4. The lowest BCUT2D eigenvalue weighted by molar-refractivity contribution is -0.193. The minimum Gasteiger partial charge on any atom is -0.475 e. The zero-order valence-corrected chi connectivity index (χ0v) is 22.4. The van der Waals surface area contributed by atoms with Gasteiger partial charge in [0.2, 0.25) is 5.91 Å². The summed E-state index contributed by atoms with van der Waals surface area (Å²) in [5.74, 6) is -5.51. The Morgan fingerprint density at radius 3 is 1.95 bits per heavy atom. The Bertz CT molecular complexity index is 1230. The fraction of sp³-hybridized carbons (Fsp3) is 0.480. The van der Waals surface area contributed by atoms with Gasteiger partial charge < -0.3 is 25.3 Å². The Hall–Kier alpha value is -4.15. The number of aliphatic carboxylic acids is 2. The number of halogens is 6. The Kier molecular flexibility index (Phi) is 11.1. The van der Waals surface area contributed by atoms with Gasteiger partial charge in [0.25, 0.3) is 5.91 Å². The van der Waals surface area contributed by atoms with Gasteiger partial charge in [-0.3, -0.25) is 14.7 Å². The highest BCUT2D eigenvalue weighted by Gasteiger charge is 2.52. The van der Waals surface area contributed by atoms with E-state index in [1.807, 2.05) is 42.2 Å². The number of amides is 2. The van der Waals surface area contributed by atoms with Gasteiger partial charge in [0.1, 0.15) is 5.69 Å². The van der Waals surface area contributed by atoms with Crippen molar-refractivity contribution in [1.29, 1.82) is 0 Å². The van der Waals surface area contributed by atoms with Gasteiger partial charge in [0.15, 0.2) is 0 Å². The van der Waals surface area contributed by atoms with Crippen LogP contribution in [0.5, 0.6) is 0 Å². The second-order valence-corrected chi connectivity index (χ2v) is 9.60. The molecule has 0 aliphatic carbocycles. The number of carboxylic acids is 2. The predicted octanol–water partition coefficient (Wildman–Crippen LogP) is 3.55. The molecule has 3 heterocycles. The molecule has 0 unspecified atom stereocenters. The third-order valence-electron chi connectivity index (χ3n) is 6.76. The third kappa shape index (κ3) is 8.92. The molecule has 42 heavy (non-hydrogen) atoms. The molecule has 2 aliphatic heterocycles. The summed E-state index contributed by atoms with van der Waals surface area (Å²) in [7, 11) is 2.08. The van der Waals surface area contributed by atoms with Gasteiger partial charge in [0, 0.05) is 30.5 Å². The average molecular weight is 610 g/mol. The number of hydrogen-bond acceptors (Lipinski definition) is 6. The quantitative estimate of drug-likeness (QED) is 0.385. The lowest BCUT2D eigenvalue weighted by Gasteiger charge is -2.34. The van der Waals surface area contributed by atoms with E-state index in [0.29, 0.717) is 25.2 Å². The van der Waals surface area contributed by atoms with Crippen LogP contribution in [0.4, 0.5) is 32.0 Å². The van der Waals surface area contributed by atoms with Crippen molar-refractivity contribution in [2.45, 2.75) is 44.6 Å². The van der Waals surface area contributed by atoms with Crippen LogP contribution in [0.15, 0.2) is 36.4 Å². The van der Waals surface area contributed by atoms with Crippen molar-refractivity contribution in [3.63, 3.8) is 0 Å². The van der Waals surface area contributed by atoms with Crippen molar-refractivity contribution in [2.75, 3.05) is 32.0 Å². The molecule has 0 radical (unpaired) electrons.